The number of carbonyl (C=O) groups is 1. The fourth-order valence-corrected chi connectivity index (χ4v) is 2.47. The number of carbonyl (C=O) groups excluding carboxylic acids is 1. The number of cyclic esters (lactones) is 1. The Bertz CT molecular complexity index is 845. The van der Waals surface area contributed by atoms with Crippen LogP contribution in [0.1, 0.15) is 11.1 Å². The third kappa shape index (κ3) is 3.17. The van der Waals surface area contributed by atoms with Crippen LogP contribution in [-0.2, 0) is 9.53 Å². The molecule has 1 aliphatic rings. The number of rotatable bonds is 3. The molecule has 2 aromatic carbocycles. The Kier molecular flexibility index (Phi) is 4.25. The molecule has 6 heteroatoms. The molecule has 116 valence electrons. The maximum atomic E-state index is 13.7. The fourth-order valence-electron chi connectivity index (χ4n) is 2.11. The molecule has 3 rings (SSSR count). The molecule has 0 spiro atoms. The van der Waals surface area contributed by atoms with Gasteiger partial charge in [0.2, 0.25) is 5.90 Å². The van der Waals surface area contributed by atoms with Gasteiger partial charge in [-0.2, -0.15) is 0 Å². The lowest BCUT2D eigenvalue weighted by Crippen LogP contribution is -2.07. The van der Waals surface area contributed by atoms with E-state index in [4.69, 9.17) is 9.47 Å². The molecule has 0 aromatic heterocycles. The van der Waals surface area contributed by atoms with Gasteiger partial charge < -0.3 is 9.47 Å². The first-order valence-electron chi connectivity index (χ1n) is 6.69. The Morgan fingerprint density at radius 3 is 2.78 bits per heavy atom. The molecule has 0 radical (unpaired) electrons. The zero-order valence-electron chi connectivity index (χ0n) is 12.0. The minimum atomic E-state index is -0.634. The number of halogens is 2. The van der Waals surface area contributed by atoms with E-state index in [9.17, 15) is 9.18 Å². The van der Waals surface area contributed by atoms with Gasteiger partial charge in [-0.25, -0.2) is 14.2 Å². The van der Waals surface area contributed by atoms with Gasteiger partial charge in [-0.15, -0.1) is 0 Å². The third-order valence-corrected chi connectivity index (χ3v) is 3.70. The molecule has 0 N–H and O–H groups in total. The maximum Gasteiger partial charge on any atom is 0.363 e. The van der Waals surface area contributed by atoms with Gasteiger partial charge in [0, 0.05) is 10.0 Å². The summed E-state index contributed by atoms with van der Waals surface area (Å²) in [5, 5.41) is 0. The Labute approximate surface area is 140 Å². The number of methoxy groups -OCH3 is 1. The van der Waals surface area contributed by atoms with Crippen LogP contribution in [0.2, 0.25) is 0 Å². The summed E-state index contributed by atoms with van der Waals surface area (Å²) < 4.78 is 24.9. The molecule has 2 aromatic rings. The number of esters is 1. The van der Waals surface area contributed by atoms with Crippen molar-refractivity contribution in [2.45, 2.75) is 0 Å². The Hall–Kier alpha value is -2.47. The van der Waals surface area contributed by atoms with Crippen molar-refractivity contribution in [1.82, 2.24) is 0 Å². The third-order valence-electron chi connectivity index (χ3n) is 3.21. The number of ether oxygens (including phenoxy) is 2. The number of hydrogen-bond acceptors (Lipinski definition) is 4. The van der Waals surface area contributed by atoms with E-state index in [-0.39, 0.29) is 17.2 Å². The predicted octanol–water partition coefficient (Wildman–Crippen LogP) is 3.94. The highest BCUT2D eigenvalue weighted by Crippen LogP contribution is 2.28. The highest BCUT2D eigenvalue weighted by atomic mass is 79.9. The summed E-state index contributed by atoms with van der Waals surface area (Å²) >= 11 is 3.35. The summed E-state index contributed by atoms with van der Waals surface area (Å²) in [5.41, 5.74) is 0.838. The topological polar surface area (TPSA) is 47.9 Å². The molecule has 0 unspecified atom stereocenters. The zero-order chi connectivity index (χ0) is 16.4. The molecule has 0 fully saturated rings. The summed E-state index contributed by atoms with van der Waals surface area (Å²) in [6, 6.07) is 11.4. The van der Waals surface area contributed by atoms with Gasteiger partial charge in [-0.05, 0) is 30.3 Å². The van der Waals surface area contributed by atoms with E-state index < -0.39 is 11.8 Å². The average Bonchev–Trinajstić information content (AvgIpc) is 2.90. The molecule has 0 saturated heterocycles. The average molecular weight is 376 g/mol. The molecule has 23 heavy (non-hydrogen) atoms. The van der Waals surface area contributed by atoms with Crippen LogP contribution in [0, 0.1) is 5.82 Å². The Morgan fingerprint density at radius 2 is 2.04 bits per heavy atom. The standard InChI is InChI=1S/C17H11BrFNO3/c1-22-15-7-6-11(18)9-12(15)16-20-14(17(21)23-16)8-10-4-2-3-5-13(10)19/h2-9H,1H3/b14-8-. The molecule has 1 aliphatic heterocycles. The van der Waals surface area contributed by atoms with Gasteiger partial charge in [0.1, 0.15) is 11.6 Å². The largest absolute Gasteiger partial charge is 0.496 e. The maximum absolute atomic E-state index is 13.7. The van der Waals surface area contributed by atoms with Gasteiger partial charge in [-0.3, -0.25) is 0 Å². The second-order valence-electron chi connectivity index (χ2n) is 4.70. The van der Waals surface area contributed by atoms with E-state index in [0.717, 1.165) is 4.47 Å². The summed E-state index contributed by atoms with van der Waals surface area (Å²) in [6.45, 7) is 0. The second-order valence-corrected chi connectivity index (χ2v) is 5.62. The van der Waals surface area contributed by atoms with Crippen molar-refractivity contribution in [2.24, 2.45) is 4.99 Å². The van der Waals surface area contributed by atoms with Crippen LogP contribution in [0.3, 0.4) is 0 Å². The first kappa shape index (κ1) is 15.4. The summed E-state index contributed by atoms with van der Waals surface area (Å²) in [4.78, 5) is 16.1. The predicted molar refractivity (Wildman–Crippen MR) is 87.7 cm³/mol. The molecule has 0 saturated carbocycles. The van der Waals surface area contributed by atoms with Gasteiger partial charge in [-0.1, -0.05) is 34.1 Å². The van der Waals surface area contributed by atoms with Crippen LogP contribution in [0.15, 0.2) is 57.6 Å². The van der Waals surface area contributed by atoms with Crippen molar-refractivity contribution in [3.05, 3.63) is 69.6 Å². The Morgan fingerprint density at radius 1 is 1.26 bits per heavy atom. The second kappa shape index (κ2) is 6.34. The van der Waals surface area contributed by atoms with Crippen LogP contribution < -0.4 is 4.74 Å². The smallest absolute Gasteiger partial charge is 0.363 e. The first-order chi connectivity index (χ1) is 11.1. The highest BCUT2D eigenvalue weighted by Gasteiger charge is 2.26. The monoisotopic (exact) mass is 375 g/mol. The van der Waals surface area contributed by atoms with Gasteiger partial charge in [0.25, 0.3) is 0 Å². The number of nitrogens with zero attached hydrogens (tertiary/aromatic N) is 1. The minimum absolute atomic E-state index is 0.0344. The van der Waals surface area contributed by atoms with Crippen molar-refractivity contribution in [3.8, 4) is 5.75 Å². The van der Waals surface area contributed by atoms with Crippen molar-refractivity contribution >= 4 is 33.9 Å². The van der Waals surface area contributed by atoms with E-state index in [1.54, 1.807) is 36.4 Å². The highest BCUT2D eigenvalue weighted by molar-refractivity contribution is 9.10. The van der Waals surface area contributed by atoms with E-state index in [2.05, 4.69) is 20.9 Å². The number of hydrogen-bond donors (Lipinski definition) is 0. The van der Waals surface area contributed by atoms with Crippen molar-refractivity contribution in [3.63, 3.8) is 0 Å². The number of aliphatic imine (C=N–C) groups is 1. The molecular weight excluding hydrogens is 365 g/mol. The quantitative estimate of drug-likeness (QED) is 0.602. The normalized spacial score (nSPS) is 15.5. The molecule has 0 bridgehead atoms. The first-order valence-corrected chi connectivity index (χ1v) is 7.49. The SMILES string of the molecule is COc1ccc(Br)cc1C1=N/C(=C\c2ccccc2F)C(=O)O1. The summed E-state index contributed by atoms with van der Waals surface area (Å²) in [5.74, 6) is -0.426. The van der Waals surface area contributed by atoms with E-state index in [0.29, 0.717) is 11.3 Å². The Balaban J connectivity index is 2.03. The van der Waals surface area contributed by atoms with Gasteiger partial charge >= 0.3 is 5.97 Å². The zero-order valence-corrected chi connectivity index (χ0v) is 13.6. The molecule has 0 amide bonds. The minimum Gasteiger partial charge on any atom is -0.496 e. The molecule has 0 atom stereocenters. The lowest BCUT2D eigenvalue weighted by molar-refractivity contribution is -0.129. The van der Waals surface area contributed by atoms with E-state index in [1.807, 2.05) is 0 Å². The van der Waals surface area contributed by atoms with Crippen LogP contribution in [0.4, 0.5) is 4.39 Å². The van der Waals surface area contributed by atoms with Crippen LogP contribution >= 0.6 is 15.9 Å². The van der Waals surface area contributed by atoms with Crippen LogP contribution in [0.25, 0.3) is 6.08 Å². The summed E-state index contributed by atoms with van der Waals surface area (Å²) in [7, 11) is 1.51. The van der Waals surface area contributed by atoms with Crippen LogP contribution in [0.5, 0.6) is 5.75 Å². The van der Waals surface area contributed by atoms with Crippen molar-refractivity contribution < 1.29 is 18.7 Å². The van der Waals surface area contributed by atoms with E-state index >= 15 is 0 Å². The fraction of sp³-hybridized carbons (Fsp3) is 0.0588. The lowest BCUT2D eigenvalue weighted by Gasteiger charge is -2.07. The van der Waals surface area contributed by atoms with Gasteiger partial charge in [0.05, 0.1) is 12.7 Å². The molecule has 0 aliphatic carbocycles. The molecule has 1 heterocycles. The van der Waals surface area contributed by atoms with Crippen LogP contribution in [-0.4, -0.2) is 19.0 Å². The van der Waals surface area contributed by atoms with Crippen molar-refractivity contribution in [2.75, 3.05) is 7.11 Å². The lowest BCUT2D eigenvalue weighted by atomic mass is 10.2. The van der Waals surface area contributed by atoms with Gasteiger partial charge in [0.15, 0.2) is 5.70 Å². The van der Waals surface area contributed by atoms with E-state index in [1.165, 1.54) is 19.3 Å². The summed E-state index contributed by atoms with van der Waals surface area (Å²) in [6.07, 6.45) is 1.36. The van der Waals surface area contributed by atoms with Crippen molar-refractivity contribution in [1.29, 1.82) is 0 Å². The molecular formula is C17H11BrFNO3. The molecule has 4 nitrogen and oxygen atoms in total. The number of benzene rings is 2.